The molecule has 0 saturated carbocycles. The molecule has 0 aliphatic carbocycles. The van der Waals surface area contributed by atoms with Crippen LogP contribution in [0.15, 0.2) is 43.0 Å². The van der Waals surface area contributed by atoms with Crippen molar-refractivity contribution in [2.75, 3.05) is 0 Å². The fourth-order valence-corrected chi connectivity index (χ4v) is 1.91. The van der Waals surface area contributed by atoms with Crippen molar-refractivity contribution in [3.8, 4) is 0 Å². The molecule has 3 nitrogen and oxygen atoms in total. The molecule has 0 amide bonds. The molecule has 1 aromatic carbocycles. The number of hydrogen-bond acceptors (Lipinski definition) is 2. The molecule has 0 aliphatic heterocycles. The predicted molar refractivity (Wildman–Crippen MR) is 62.2 cm³/mol. The van der Waals surface area contributed by atoms with Gasteiger partial charge in [-0.15, -0.1) is 0 Å². The lowest BCUT2D eigenvalue weighted by atomic mass is 9.98. The molecule has 1 atom stereocenters. The number of rotatable bonds is 3. The number of carbonyl (C=O) groups excluding carboxylic acids is 1. The Bertz CT molecular complexity index is 488. The first-order chi connectivity index (χ1) is 7.70. The Kier molecular flexibility index (Phi) is 2.86. The maximum atomic E-state index is 11.7. The number of carbonyl (C=O) groups is 1. The van der Waals surface area contributed by atoms with E-state index in [2.05, 4.69) is 4.98 Å². The van der Waals surface area contributed by atoms with E-state index in [4.69, 9.17) is 0 Å². The van der Waals surface area contributed by atoms with E-state index in [9.17, 15) is 4.79 Å². The average molecular weight is 214 g/mol. The molecule has 0 spiro atoms. The molecule has 0 aliphatic rings. The lowest BCUT2D eigenvalue weighted by Crippen LogP contribution is -2.18. The summed E-state index contributed by atoms with van der Waals surface area (Å²) in [5.41, 5.74) is 2.16. The van der Waals surface area contributed by atoms with Crippen LogP contribution in [0.3, 0.4) is 0 Å². The van der Waals surface area contributed by atoms with Crippen molar-refractivity contribution in [2.45, 2.75) is 19.9 Å². The maximum absolute atomic E-state index is 11.7. The van der Waals surface area contributed by atoms with Gasteiger partial charge in [0.1, 0.15) is 6.04 Å². The zero-order valence-corrected chi connectivity index (χ0v) is 9.42. The van der Waals surface area contributed by atoms with Crippen molar-refractivity contribution in [3.05, 3.63) is 54.1 Å². The first-order valence-corrected chi connectivity index (χ1v) is 5.23. The zero-order chi connectivity index (χ0) is 11.5. The molecule has 82 valence electrons. The van der Waals surface area contributed by atoms with Crippen molar-refractivity contribution in [1.29, 1.82) is 0 Å². The van der Waals surface area contributed by atoms with Gasteiger partial charge in [0, 0.05) is 12.4 Å². The van der Waals surface area contributed by atoms with Gasteiger partial charge in [0.05, 0.1) is 6.33 Å². The first-order valence-electron chi connectivity index (χ1n) is 5.23. The van der Waals surface area contributed by atoms with E-state index in [0.29, 0.717) is 0 Å². The van der Waals surface area contributed by atoms with E-state index < -0.39 is 0 Å². The van der Waals surface area contributed by atoms with E-state index in [-0.39, 0.29) is 11.8 Å². The number of benzene rings is 1. The molecule has 0 fully saturated rings. The van der Waals surface area contributed by atoms with Gasteiger partial charge >= 0.3 is 0 Å². The third-order valence-corrected chi connectivity index (χ3v) is 2.69. The summed E-state index contributed by atoms with van der Waals surface area (Å²) in [6.45, 7) is 3.62. The monoisotopic (exact) mass is 214 g/mol. The van der Waals surface area contributed by atoms with Gasteiger partial charge in [0.25, 0.3) is 0 Å². The molecule has 3 heteroatoms. The molecule has 1 unspecified atom stereocenters. The highest BCUT2D eigenvalue weighted by Gasteiger charge is 2.19. The standard InChI is InChI=1S/C13H14N2O/c1-10-5-3-4-6-12(10)13(11(2)16)15-8-7-14-9-15/h3-9,13H,1-2H3. The molecule has 1 heterocycles. The third kappa shape index (κ3) is 1.89. The van der Waals surface area contributed by atoms with Crippen LogP contribution in [0.2, 0.25) is 0 Å². The Morgan fingerprint density at radius 3 is 2.69 bits per heavy atom. The van der Waals surface area contributed by atoms with Crippen molar-refractivity contribution >= 4 is 5.78 Å². The zero-order valence-electron chi connectivity index (χ0n) is 9.42. The number of ketones is 1. The van der Waals surface area contributed by atoms with Gasteiger partial charge < -0.3 is 4.57 Å². The van der Waals surface area contributed by atoms with Crippen molar-refractivity contribution in [1.82, 2.24) is 9.55 Å². The summed E-state index contributed by atoms with van der Waals surface area (Å²) in [5, 5.41) is 0. The molecule has 0 N–H and O–H groups in total. The Balaban J connectivity index is 2.50. The second kappa shape index (κ2) is 4.31. The number of aryl methyl sites for hydroxylation is 1. The van der Waals surface area contributed by atoms with E-state index >= 15 is 0 Å². The molecular weight excluding hydrogens is 200 g/mol. The normalized spacial score (nSPS) is 12.4. The van der Waals surface area contributed by atoms with Crippen LogP contribution in [0.1, 0.15) is 24.1 Å². The van der Waals surface area contributed by atoms with E-state index in [1.54, 1.807) is 19.4 Å². The largest absolute Gasteiger partial charge is 0.323 e. The molecule has 0 saturated heterocycles. The number of aromatic nitrogens is 2. The summed E-state index contributed by atoms with van der Waals surface area (Å²) in [6.07, 6.45) is 5.19. The van der Waals surface area contributed by atoms with Crippen molar-refractivity contribution in [3.63, 3.8) is 0 Å². The highest BCUT2D eigenvalue weighted by Crippen LogP contribution is 2.22. The van der Waals surface area contributed by atoms with Crippen LogP contribution in [-0.2, 0) is 4.79 Å². The summed E-state index contributed by atoms with van der Waals surface area (Å²) < 4.78 is 1.84. The SMILES string of the molecule is CC(=O)C(c1ccccc1C)n1ccnc1. The lowest BCUT2D eigenvalue weighted by Gasteiger charge is -2.17. The highest BCUT2D eigenvalue weighted by atomic mass is 16.1. The number of hydrogen-bond donors (Lipinski definition) is 0. The molecule has 0 radical (unpaired) electrons. The second-order valence-corrected chi connectivity index (χ2v) is 3.88. The second-order valence-electron chi connectivity index (χ2n) is 3.88. The van der Waals surface area contributed by atoms with Gasteiger partial charge in [-0.05, 0) is 25.0 Å². The number of imidazole rings is 1. The van der Waals surface area contributed by atoms with Gasteiger partial charge in [0.15, 0.2) is 5.78 Å². The molecule has 2 rings (SSSR count). The first kappa shape index (κ1) is 10.6. The van der Waals surface area contributed by atoms with Crippen LogP contribution in [0.25, 0.3) is 0 Å². The van der Waals surface area contributed by atoms with Crippen molar-refractivity contribution in [2.24, 2.45) is 0 Å². The highest BCUT2D eigenvalue weighted by molar-refractivity contribution is 5.83. The van der Waals surface area contributed by atoms with Crippen LogP contribution in [-0.4, -0.2) is 15.3 Å². The van der Waals surface area contributed by atoms with Gasteiger partial charge in [-0.1, -0.05) is 24.3 Å². The van der Waals surface area contributed by atoms with E-state index in [0.717, 1.165) is 11.1 Å². The Hall–Kier alpha value is -1.90. The molecule has 0 bridgehead atoms. The third-order valence-electron chi connectivity index (χ3n) is 2.69. The summed E-state index contributed by atoms with van der Waals surface area (Å²) in [4.78, 5) is 15.7. The fraction of sp³-hybridized carbons (Fsp3) is 0.231. The summed E-state index contributed by atoms with van der Waals surface area (Å²) in [5.74, 6) is 0.118. The topological polar surface area (TPSA) is 34.9 Å². The van der Waals surface area contributed by atoms with Gasteiger partial charge in [-0.3, -0.25) is 4.79 Å². The van der Waals surface area contributed by atoms with E-state index in [1.807, 2.05) is 42.0 Å². The fourth-order valence-electron chi connectivity index (χ4n) is 1.91. The van der Waals surface area contributed by atoms with Gasteiger partial charge in [-0.2, -0.15) is 0 Å². The lowest BCUT2D eigenvalue weighted by molar-refractivity contribution is -0.119. The molecule has 2 aromatic rings. The van der Waals surface area contributed by atoms with Crippen LogP contribution in [0, 0.1) is 6.92 Å². The minimum Gasteiger partial charge on any atom is -0.323 e. The summed E-state index contributed by atoms with van der Waals surface area (Å²) >= 11 is 0. The number of nitrogens with zero attached hydrogens (tertiary/aromatic N) is 2. The minimum absolute atomic E-state index is 0.118. The molecule has 16 heavy (non-hydrogen) atoms. The Morgan fingerprint density at radius 1 is 1.38 bits per heavy atom. The molecular formula is C13H14N2O. The van der Waals surface area contributed by atoms with Gasteiger partial charge in [0.2, 0.25) is 0 Å². The average Bonchev–Trinajstić information content (AvgIpc) is 2.74. The van der Waals surface area contributed by atoms with E-state index in [1.165, 1.54) is 0 Å². The van der Waals surface area contributed by atoms with Crippen molar-refractivity contribution < 1.29 is 4.79 Å². The van der Waals surface area contributed by atoms with Crippen LogP contribution in [0.5, 0.6) is 0 Å². The van der Waals surface area contributed by atoms with Gasteiger partial charge in [-0.25, -0.2) is 4.98 Å². The summed E-state index contributed by atoms with van der Waals surface area (Å²) in [7, 11) is 0. The number of Topliss-reactive ketones (excluding diaryl/α,β-unsaturated/α-hetero) is 1. The maximum Gasteiger partial charge on any atom is 0.157 e. The Labute approximate surface area is 94.7 Å². The predicted octanol–water partition coefficient (Wildman–Crippen LogP) is 2.37. The minimum atomic E-state index is -0.260. The van der Waals surface area contributed by atoms with Crippen LogP contribution in [0.4, 0.5) is 0 Å². The smallest absolute Gasteiger partial charge is 0.157 e. The Morgan fingerprint density at radius 2 is 2.12 bits per heavy atom. The molecule has 1 aromatic heterocycles. The van der Waals surface area contributed by atoms with Crippen LogP contribution < -0.4 is 0 Å². The summed E-state index contributed by atoms with van der Waals surface area (Å²) in [6, 6.07) is 7.67. The quantitative estimate of drug-likeness (QED) is 0.786. The van der Waals surface area contributed by atoms with Crippen LogP contribution >= 0.6 is 0 Å².